The highest BCUT2D eigenvalue weighted by atomic mass is 32.2. The molecule has 1 N–H and O–H groups in total. The molecule has 2 aromatic rings. The standard InChI is InChI=1S/C16H12F3N3S/c17-11-3-1-10(2-4-11)8-20-16-22-21-15(9-23-16)13-7-12(18)5-6-14(13)19/h1-7H,8-9H2,(H,20,22). The first-order chi connectivity index (χ1) is 11.1. The predicted octanol–water partition coefficient (Wildman–Crippen LogP) is 3.70. The third-order valence-electron chi connectivity index (χ3n) is 3.19. The molecule has 3 rings (SSSR count). The van der Waals surface area contributed by atoms with Gasteiger partial charge in [-0.3, -0.25) is 10.4 Å². The van der Waals surface area contributed by atoms with Gasteiger partial charge in [0.2, 0.25) is 0 Å². The summed E-state index contributed by atoms with van der Waals surface area (Å²) in [5, 5.41) is 4.64. The molecule has 0 fully saturated rings. The molecule has 0 aliphatic carbocycles. The molecule has 0 atom stereocenters. The highest BCUT2D eigenvalue weighted by Gasteiger charge is 2.16. The van der Waals surface area contributed by atoms with E-state index in [2.05, 4.69) is 15.5 Å². The molecule has 3 nitrogen and oxygen atoms in total. The van der Waals surface area contributed by atoms with Crippen molar-refractivity contribution in [3.63, 3.8) is 0 Å². The number of thioether (sulfide) groups is 1. The van der Waals surface area contributed by atoms with Gasteiger partial charge in [-0.15, -0.1) is 0 Å². The van der Waals surface area contributed by atoms with Crippen molar-refractivity contribution in [3.05, 3.63) is 71.0 Å². The molecule has 0 spiro atoms. The number of hydrogen-bond acceptors (Lipinski definition) is 3. The van der Waals surface area contributed by atoms with Crippen molar-refractivity contribution in [2.75, 3.05) is 5.75 Å². The van der Waals surface area contributed by atoms with E-state index in [0.717, 1.165) is 23.8 Å². The van der Waals surface area contributed by atoms with Crippen molar-refractivity contribution in [1.82, 2.24) is 5.43 Å². The lowest BCUT2D eigenvalue weighted by Crippen LogP contribution is -2.26. The number of nitrogens with zero attached hydrogens (tertiary/aromatic N) is 2. The molecule has 0 unspecified atom stereocenters. The summed E-state index contributed by atoms with van der Waals surface area (Å²) in [5.41, 5.74) is 4.17. The van der Waals surface area contributed by atoms with E-state index in [1.165, 1.54) is 23.9 Å². The summed E-state index contributed by atoms with van der Waals surface area (Å²) in [6.07, 6.45) is 0. The Kier molecular flexibility index (Phi) is 4.66. The van der Waals surface area contributed by atoms with E-state index in [1.807, 2.05) is 0 Å². The lowest BCUT2D eigenvalue weighted by molar-refractivity contribution is 0.598. The zero-order valence-electron chi connectivity index (χ0n) is 11.9. The minimum atomic E-state index is -0.515. The second kappa shape index (κ2) is 6.87. The summed E-state index contributed by atoms with van der Waals surface area (Å²) in [5.74, 6) is -0.933. The molecule has 1 aliphatic heterocycles. The number of hydrogen-bond donors (Lipinski definition) is 1. The molecule has 0 aromatic heterocycles. The predicted molar refractivity (Wildman–Crippen MR) is 86.0 cm³/mol. The molecule has 1 heterocycles. The number of hydrazone groups is 1. The fourth-order valence-electron chi connectivity index (χ4n) is 2.01. The average molecular weight is 335 g/mol. The van der Waals surface area contributed by atoms with E-state index >= 15 is 0 Å². The molecule has 2 aromatic carbocycles. The summed E-state index contributed by atoms with van der Waals surface area (Å²) in [4.78, 5) is 4.32. The molecule has 0 radical (unpaired) electrons. The summed E-state index contributed by atoms with van der Waals surface area (Å²) >= 11 is 1.35. The second-order valence-corrected chi connectivity index (χ2v) is 5.80. The van der Waals surface area contributed by atoms with Gasteiger partial charge in [-0.05, 0) is 35.9 Å². The average Bonchev–Trinajstić information content (AvgIpc) is 2.57. The summed E-state index contributed by atoms with van der Waals surface area (Å²) in [6.45, 7) is 0.384. The van der Waals surface area contributed by atoms with Crippen LogP contribution in [0.4, 0.5) is 13.2 Å². The Bertz CT molecular complexity index is 773. The van der Waals surface area contributed by atoms with Crippen LogP contribution in [0.5, 0.6) is 0 Å². The Morgan fingerprint density at radius 3 is 2.48 bits per heavy atom. The minimum Gasteiger partial charge on any atom is -0.256 e. The normalized spacial score (nSPS) is 16.1. The number of aliphatic imine (C=N–C) groups is 1. The number of nitrogens with one attached hydrogen (secondary N) is 1. The first-order valence-corrected chi connectivity index (χ1v) is 7.80. The third kappa shape index (κ3) is 3.92. The monoisotopic (exact) mass is 335 g/mol. The van der Waals surface area contributed by atoms with E-state index in [-0.39, 0.29) is 11.4 Å². The zero-order chi connectivity index (χ0) is 16.2. The summed E-state index contributed by atoms with van der Waals surface area (Å²) < 4.78 is 39.7. The zero-order valence-corrected chi connectivity index (χ0v) is 12.7. The number of amidine groups is 1. The van der Waals surface area contributed by atoms with Crippen molar-refractivity contribution < 1.29 is 13.2 Å². The molecular formula is C16H12F3N3S. The fraction of sp³-hybridized carbons (Fsp3) is 0.125. The lowest BCUT2D eigenvalue weighted by Gasteiger charge is -2.15. The van der Waals surface area contributed by atoms with Crippen LogP contribution < -0.4 is 5.43 Å². The molecule has 1 aliphatic rings. The van der Waals surface area contributed by atoms with Crippen molar-refractivity contribution in [3.8, 4) is 0 Å². The van der Waals surface area contributed by atoms with Crippen LogP contribution in [0.25, 0.3) is 0 Å². The Labute approximate surface area is 135 Å². The minimum absolute atomic E-state index is 0.141. The van der Waals surface area contributed by atoms with Gasteiger partial charge in [-0.1, -0.05) is 23.9 Å². The highest BCUT2D eigenvalue weighted by Crippen LogP contribution is 2.17. The van der Waals surface area contributed by atoms with Crippen LogP contribution in [0.2, 0.25) is 0 Å². The Morgan fingerprint density at radius 2 is 1.78 bits per heavy atom. The van der Waals surface area contributed by atoms with E-state index in [0.29, 0.717) is 23.2 Å². The Balaban J connectivity index is 1.69. The quantitative estimate of drug-likeness (QED) is 0.928. The van der Waals surface area contributed by atoms with E-state index < -0.39 is 11.6 Å². The van der Waals surface area contributed by atoms with E-state index in [4.69, 9.17) is 0 Å². The van der Waals surface area contributed by atoms with Gasteiger partial charge in [0.1, 0.15) is 17.5 Å². The van der Waals surface area contributed by atoms with Gasteiger partial charge in [0.05, 0.1) is 12.3 Å². The van der Waals surface area contributed by atoms with Gasteiger partial charge < -0.3 is 0 Å². The van der Waals surface area contributed by atoms with E-state index in [1.54, 1.807) is 12.1 Å². The van der Waals surface area contributed by atoms with E-state index in [9.17, 15) is 13.2 Å². The number of benzene rings is 2. The molecule has 0 saturated heterocycles. The molecule has 23 heavy (non-hydrogen) atoms. The van der Waals surface area contributed by atoms with Gasteiger partial charge in [0.25, 0.3) is 0 Å². The fourth-order valence-corrected chi connectivity index (χ4v) is 2.77. The maximum atomic E-state index is 13.7. The maximum Gasteiger partial charge on any atom is 0.177 e. The summed E-state index contributed by atoms with van der Waals surface area (Å²) in [6, 6.07) is 9.33. The molecular weight excluding hydrogens is 323 g/mol. The highest BCUT2D eigenvalue weighted by molar-refractivity contribution is 8.14. The van der Waals surface area contributed by atoms with Crippen LogP contribution in [-0.4, -0.2) is 16.6 Å². The Morgan fingerprint density at radius 1 is 1.04 bits per heavy atom. The van der Waals surface area contributed by atoms with Crippen LogP contribution in [0.1, 0.15) is 11.1 Å². The van der Waals surface area contributed by atoms with Crippen molar-refractivity contribution >= 4 is 22.6 Å². The van der Waals surface area contributed by atoms with Crippen molar-refractivity contribution in [1.29, 1.82) is 0 Å². The first-order valence-electron chi connectivity index (χ1n) is 6.81. The molecule has 118 valence electrons. The van der Waals surface area contributed by atoms with Crippen molar-refractivity contribution in [2.45, 2.75) is 6.54 Å². The molecule has 7 heteroatoms. The van der Waals surface area contributed by atoms with Gasteiger partial charge >= 0.3 is 0 Å². The topological polar surface area (TPSA) is 36.8 Å². The number of halogens is 3. The van der Waals surface area contributed by atoms with Crippen molar-refractivity contribution in [2.24, 2.45) is 10.1 Å². The maximum absolute atomic E-state index is 13.7. The van der Waals surface area contributed by atoms with Gasteiger partial charge in [-0.25, -0.2) is 13.2 Å². The first kappa shape index (κ1) is 15.6. The largest absolute Gasteiger partial charge is 0.256 e. The van der Waals surface area contributed by atoms with Crippen LogP contribution in [0, 0.1) is 17.5 Å². The van der Waals surface area contributed by atoms with Crippen LogP contribution >= 0.6 is 11.8 Å². The lowest BCUT2D eigenvalue weighted by atomic mass is 10.1. The molecule has 0 saturated carbocycles. The Hall–Kier alpha value is -2.28. The van der Waals surface area contributed by atoms with Gasteiger partial charge in [-0.2, -0.15) is 5.10 Å². The van der Waals surface area contributed by atoms with Crippen LogP contribution in [0.3, 0.4) is 0 Å². The molecule has 0 bridgehead atoms. The molecule has 0 amide bonds. The SMILES string of the molecule is Fc1ccc(CN=C2NN=C(c3cc(F)ccc3F)CS2)cc1. The van der Waals surface area contributed by atoms with Gasteiger partial charge in [0, 0.05) is 11.3 Å². The second-order valence-electron chi connectivity index (χ2n) is 4.83. The third-order valence-corrected chi connectivity index (χ3v) is 4.10. The van der Waals surface area contributed by atoms with Crippen LogP contribution in [-0.2, 0) is 6.54 Å². The number of rotatable bonds is 3. The van der Waals surface area contributed by atoms with Crippen LogP contribution in [0.15, 0.2) is 52.6 Å². The van der Waals surface area contributed by atoms with Gasteiger partial charge in [0.15, 0.2) is 5.17 Å². The summed E-state index contributed by atoms with van der Waals surface area (Å²) in [7, 11) is 0. The smallest absolute Gasteiger partial charge is 0.177 e.